The van der Waals surface area contributed by atoms with E-state index in [0.717, 1.165) is 25.7 Å². The zero-order chi connectivity index (χ0) is 16.9. The molecule has 0 fully saturated rings. The van der Waals surface area contributed by atoms with Crippen molar-refractivity contribution in [2.75, 3.05) is 6.61 Å². The van der Waals surface area contributed by atoms with Crippen LogP contribution in [0.25, 0.3) is 0 Å². The summed E-state index contributed by atoms with van der Waals surface area (Å²) in [5.74, 6) is 0. The summed E-state index contributed by atoms with van der Waals surface area (Å²) in [5.41, 5.74) is 0. The lowest BCUT2D eigenvalue weighted by Crippen LogP contribution is -2.21. The summed E-state index contributed by atoms with van der Waals surface area (Å²) in [4.78, 5) is 0. The van der Waals surface area contributed by atoms with Crippen molar-refractivity contribution in [3.05, 3.63) is 0 Å². The highest BCUT2D eigenvalue weighted by molar-refractivity contribution is 7.81. The highest BCUT2D eigenvalue weighted by atomic mass is 32.3. The second-order valence-corrected chi connectivity index (χ2v) is 6.51. The van der Waals surface area contributed by atoms with Gasteiger partial charge in [-0.25, -0.2) is 4.18 Å². The summed E-state index contributed by atoms with van der Waals surface area (Å²) in [6, 6.07) is 0. The largest absolute Gasteiger partial charge is 0.538 e. The average molecular weight is 348 g/mol. The Morgan fingerprint density at radius 2 is 1.18 bits per heavy atom. The first-order valence-electron chi connectivity index (χ1n) is 7.93. The molecule has 0 radical (unpaired) electrons. The molecule has 0 saturated carbocycles. The highest BCUT2D eigenvalue weighted by Gasteiger charge is 2.37. The van der Waals surface area contributed by atoms with E-state index in [-0.39, 0.29) is 6.61 Å². The summed E-state index contributed by atoms with van der Waals surface area (Å²) in [6.07, 6.45) is 6.57. The van der Waals surface area contributed by atoms with E-state index in [9.17, 15) is 21.6 Å². The molecule has 4 nitrogen and oxygen atoms in total. The van der Waals surface area contributed by atoms with Gasteiger partial charge in [0.05, 0.1) is 6.61 Å². The Hall–Kier alpha value is -0.340. The summed E-state index contributed by atoms with van der Waals surface area (Å²) in [7, 11) is -4.98. The minimum Gasteiger partial charge on any atom is -0.248 e. The molecular weight excluding hydrogens is 321 g/mol. The van der Waals surface area contributed by atoms with E-state index in [1.165, 1.54) is 38.5 Å². The maximum atomic E-state index is 11.7. The molecule has 0 unspecified atom stereocenters. The van der Waals surface area contributed by atoms with Crippen LogP contribution in [-0.4, -0.2) is 21.4 Å². The lowest BCUT2D eigenvalue weighted by molar-refractivity contribution is -0.275. The molecule has 134 valence electrons. The van der Waals surface area contributed by atoms with Crippen molar-refractivity contribution in [1.29, 1.82) is 0 Å². The molecule has 0 aliphatic rings. The predicted molar refractivity (Wildman–Crippen MR) is 78.5 cm³/mol. The maximum absolute atomic E-state index is 11.7. The van der Waals surface area contributed by atoms with Crippen molar-refractivity contribution >= 4 is 10.4 Å². The van der Waals surface area contributed by atoms with Gasteiger partial charge in [0.15, 0.2) is 0 Å². The predicted octanol–water partition coefficient (Wildman–Crippen LogP) is 5.10. The fourth-order valence-corrected chi connectivity index (χ4v) is 2.67. The zero-order valence-electron chi connectivity index (χ0n) is 13.2. The van der Waals surface area contributed by atoms with E-state index >= 15 is 0 Å². The second-order valence-electron chi connectivity index (χ2n) is 5.29. The second kappa shape index (κ2) is 12.1. The standard InChI is InChI=1S/C14H27F3O4S/c1-2-3-4-5-6-7-8-9-10-11-12-13-20-22(18,19)21-14(15,16)17/h2-13H2,1H3. The maximum Gasteiger partial charge on any atom is 0.538 e. The highest BCUT2D eigenvalue weighted by Crippen LogP contribution is 2.20. The summed E-state index contributed by atoms with van der Waals surface area (Å²) < 4.78 is 63.7. The van der Waals surface area contributed by atoms with Crippen LogP contribution in [0.15, 0.2) is 0 Å². The van der Waals surface area contributed by atoms with E-state index < -0.39 is 16.8 Å². The van der Waals surface area contributed by atoms with Gasteiger partial charge in [0.1, 0.15) is 0 Å². The summed E-state index contributed by atoms with van der Waals surface area (Å²) >= 11 is 0. The molecule has 0 aliphatic heterocycles. The van der Waals surface area contributed by atoms with Crippen LogP contribution < -0.4 is 0 Å². The molecule has 0 heterocycles. The Morgan fingerprint density at radius 3 is 1.59 bits per heavy atom. The Bertz CT molecular complexity index is 356. The third-order valence-electron chi connectivity index (χ3n) is 3.17. The van der Waals surface area contributed by atoms with Gasteiger partial charge in [0.2, 0.25) is 0 Å². The number of halogens is 3. The van der Waals surface area contributed by atoms with Crippen molar-refractivity contribution in [3.63, 3.8) is 0 Å². The Morgan fingerprint density at radius 1 is 0.773 bits per heavy atom. The quantitative estimate of drug-likeness (QED) is 0.410. The Balaban J connectivity index is 3.37. The van der Waals surface area contributed by atoms with Gasteiger partial charge >= 0.3 is 16.8 Å². The fourth-order valence-electron chi connectivity index (χ4n) is 2.07. The average Bonchev–Trinajstić information content (AvgIpc) is 2.37. The number of hydrogen-bond donors (Lipinski definition) is 0. The van der Waals surface area contributed by atoms with E-state index in [1.54, 1.807) is 0 Å². The van der Waals surface area contributed by atoms with Gasteiger partial charge in [-0.3, -0.25) is 0 Å². The van der Waals surface area contributed by atoms with E-state index in [2.05, 4.69) is 15.3 Å². The molecule has 0 aromatic heterocycles. The first kappa shape index (κ1) is 21.7. The van der Waals surface area contributed by atoms with Crippen molar-refractivity contribution < 1.29 is 30.0 Å². The van der Waals surface area contributed by atoms with E-state index in [1.807, 2.05) is 0 Å². The molecule has 0 N–H and O–H groups in total. The van der Waals surface area contributed by atoms with Crippen molar-refractivity contribution in [2.45, 2.75) is 83.9 Å². The van der Waals surface area contributed by atoms with Crippen molar-refractivity contribution in [2.24, 2.45) is 0 Å². The van der Waals surface area contributed by atoms with Crippen LogP contribution in [0.3, 0.4) is 0 Å². The fraction of sp³-hybridized carbons (Fsp3) is 1.00. The molecule has 0 atom stereocenters. The van der Waals surface area contributed by atoms with Crippen molar-refractivity contribution in [1.82, 2.24) is 0 Å². The van der Waals surface area contributed by atoms with Gasteiger partial charge in [0, 0.05) is 0 Å². The minimum atomic E-state index is -5.24. The Labute approximate surface area is 131 Å². The van der Waals surface area contributed by atoms with Crippen molar-refractivity contribution in [3.8, 4) is 0 Å². The smallest absolute Gasteiger partial charge is 0.248 e. The van der Waals surface area contributed by atoms with Crippen LogP contribution in [0.5, 0.6) is 0 Å². The zero-order valence-corrected chi connectivity index (χ0v) is 14.0. The van der Waals surface area contributed by atoms with Crippen LogP contribution in [0, 0.1) is 0 Å². The topological polar surface area (TPSA) is 52.6 Å². The molecule has 8 heteroatoms. The lowest BCUT2D eigenvalue weighted by atomic mass is 10.1. The van der Waals surface area contributed by atoms with Crippen LogP contribution in [0.1, 0.15) is 77.6 Å². The minimum absolute atomic E-state index is 0.282. The third-order valence-corrected chi connectivity index (χ3v) is 4.02. The summed E-state index contributed by atoms with van der Waals surface area (Å²) in [6.45, 7) is 1.90. The van der Waals surface area contributed by atoms with Crippen LogP contribution in [0.2, 0.25) is 0 Å². The van der Waals surface area contributed by atoms with Gasteiger partial charge in [-0.15, -0.1) is 17.4 Å². The monoisotopic (exact) mass is 348 g/mol. The number of hydrogen-bond acceptors (Lipinski definition) is 4. The number of unbranched alkanes of at least 4 members (excludes halogenated alkanes) is 10. The molecule has 0 bridgehead atoms. The number of rotatable bonds is 14. The SMILES string of the molecule is CCCCCCCCCCCCCOS(=O)(=O)OC(F)(F)F. The van der Waals surface area contributed by atoms with Crippen LogP contribution >= 0.6 is 0 Å². The van der Waals surface area contributed by atoms with E-state index in [4.69, 9.17) is 0 Å². The first-order chi connectivity index (χ1) is 10.3. The summed E-state index contributed by atoms with van der Waals surface area (Å²) in [5, 5.41) is 0. The third kappa shape index (κ3) is 16.0. The van der Waals surface area contributed by atoms with Gasteiger partial charge in [-0.1, -0.05) is 71.1 Å². The molecule has 0 spiro atoms. The molecular formula is C14H27F3O4S. The van der Waals surface area contributed by atoms with Crippen LogP contribution in [0.4, 0.5) is 13.2 Å². The molecule has 0 saturated heterocycles. The number of alkyl halides is 3. The normalized spacial score (nSPS) is 12.7. The van der Waals surface area contributed by atoms with Crippen LogP contribution in [-0.2, 0) is 18.8 Å². The van der Waals surface area contributed by atoms with E-state index in [0.29, 0.717) is 6.42 Å². The molecule has 0 rings (SSSR count). The van der Waals surface area contributed by atoms with Gasteiger partial charge < -0.3 is 0 Å². The molecule has 0 amide bonds. The van der Waals surface area contributed by atoms with Gasteiger partial charge in [-0.05, 0) is 6.42 Å². The molecule has 0 aliphatic carbocycles. The Kier molecular flexibility index (Phi) is 11.9. The molecule has 0 aromatic carbocycles. The molecule has 22 heavy (non-hydrogen) atoms. The lowest BCUT2D eigenvalue weighted by Gasteiger charge is -2.07. The van der Waals surface area contributed by atoms with Gasteiger partial charge in [0.25, 0.3) is 0 Å². The first-order valence-corrected chi connectivity index (χ1v) is 9.27. The molecule has 0 aromatic rings. The van der Waals surface area contributed by atoms with Gasteiger partial charge in [-0.2, -0.15) is 8.42 Å².